The molecule has 0 aliphatic rings. The molecule has 0 aliphatic carbocycles. The first kappa shape index (κ1) is 15.4. The minimum Gasteiger partial charge on any atom is -0.494 e. The largest absolute Gasteiger partial charge is 0.494 e. The van der Waals surface area contributed by atoms with Crippen LogP contribution in [0, 0.1) is 0 Å². The molecule has 2 rings (SSSR count). The lowest BCUT2D eigenvalue weighted by molar-refractivity contribution is 0.340. The van der Waals surface area contributed by atoms with E-state index in [4.69, 9.17) is 15.5 Å². The van der Waals surface area contributed by atoms with Gasteiger partial charge < -0.3 is 15.0 Å². The zero-order chi connectivity index (χ0) is 15.6. The molecule has 4 nitrogen and oxygen atoms in total. The third kappa shape index (κ3) is 3.04. The van der Waals surface area contributed by atoms with Gasteiger partial charge in [0.25, 0.3) is 0 Å². The number of ether oxygens (including phenoxy) is 1. The van der Waals surface area contributed by atoms with Crippen LogP contribution in [0.5, 0.6) is 5.75 Å². The summed E-state index contributed by atoms with van der Waals surface area (Å²) in [6, 6.07) is 7.94. The van der Waals surface area contributed by atoms with Gasteiger partial charge in [-0.25, -0.2) is 4.98 Å². The maximum atomic E-state index is 6.33. The minimum absolute atomic E-state index is 0.0418. The fourth-order valence-corrected chi connectivity index (χ4v) is 2.47. The number of nitrogens with two attached hydrogens (primary N) is 1. The second-order valence-electron chi connectivity index (χ2n) is 6.12. The van der Waals surface area contributed by atoms with Gasteiger partial charge in [-0.15, -0.1) is 0 Å². The second kappa shape index (κ2) is 5.80. The van der Waals surface area contributed by atoms with Crippen molar-refractivity contribution >= 4 is 5.82 Å². The first-order valence-electron chi connectivity index (χ1n) is 7.48. The zero-order valence-corrected chi connectivity index (χ0v) is 13.6. The van der Waals surface area contributed by atoms with E-state index in [1.807, 2.05) is 31.2 Å². The Morgan fingerprint density at radius 3 is 2.48 bits per heavy atom. The average Bonchev–Trinajstić information content (AvgIpc) is 2.76. The van der Waals surface area contributed by atoms with E-state index in [-0.39, 0.29) is 5.41 Å². The van der Waals surface area contributed by atoms with Crippen molar-refractivity contribution in [2.75, 3.05) is 12.3 Å². The van der Waals surface area contributed by atoms with E-state index in [0.29, 0.717) is 6.61 Å². The number of hydrogen-bond acceptors (Lipinski definition) is 3. The van der Waals surface area contributed by atoms with Crippen LogP contribution >= 0.6 is 0 Å². The second-order valence-corrected chi connectivity index (χ2v) is 6.12. The van der Waals surface area contributed by atoms with Crippen LogP contribution in [0.2, 0.25) is 0 Å². The monoisotopic (exact) mass is 287 g/mol. The summed E-state index contributed by atoms with van der Waals surface area (Å²) < 4.78 is 7.65. The zero-order valence-electron chi connectivity index (χ0n) is 13.6. The van der Waals surface area contributed by atoms with Gasteiger partial charge in [-0.2, -0.15) is 0 Å². The van der Waals surface area contributed by atoms with E-state index < -0.39 is 0 Å². The average molecular weight is 287 g/mol. The number of rotatable bonds is 4. The molecule has 0 unspecified atom stereocenters. The highest BCUT2D eigenvalue weighted by Crippen LogP contribution is 2.33. The standard InChI is InChI=1S/C17H25N3O/c1-6-20-15(18)14(19-16(20)17(3,4)5)12-9-8-10-13(11-12)21-7-2/h8-11H,6-7,18H2,1-5H3. The Kier molecular flexibility index (Phi) is 4.26. The molecule has 0 bridgehead atoms. The number of benzene rings is 1. The van der Waals surface area contributed by atoms with Gasteiger partial charge in [-0.05, 0) is 26.0 Å². The fourth-order valence-electron chi connectivity index (χ4n) is 2.47. The molecule has 0 saturated carbocycles. The number of aromatic nitrogens is 2. The third-order valence-corrected chi connectivity index (χ3v) is 3.41. The smallest absolute Gasteiger partial charge is 0.131 e. The van der Waals surface area contributed by atoms with Gasteiger partial charge in [0.05, 0.1) is 6.61 Å². The molecular weight excluding hydrogens is 262 g/mol. The SMILES string of the molecule is CCOc1cccc(-c2nc(C(C)(C)C)n(CC)c2N)c1. The highest BCUT2D eigenvalue weighted by molar-refractivity contribution is 5.72. The predicted octanol–water partition coefficient (Wildman–Crippen LogP) is 3.85. The van der Waals surface area contributed by atoms with Crippen LogP contribution < -0.4 is 10.5 Å². The molecule has 1 aromatic carbocycles. The van der Waals surface area contributed by atoms with Crippen LogP contribution in [-0.4, -0.2) is 16.2 Å². The summed E-state index contributed by atoms with van der Waals surface area (Å²) in [5.74, 6) is 2.58. The van der Waals surface area contributed by atoms with Crippen LogP contribution in [0.3, 0.4) is 0 Å². The van der Waals surface area contributed by atoms with E-state index in [9.17, 15) is 0 Å². The molecular formula is C17H25N3O. The van der Waals surface area contributed by atoms with E-state index in [2.05, 4.69) is 32.3 Å². The Morgan fingerprint density at radius 1 is 1.24 bits per heavy atom. The molecule has 1 aromatic heterocycles. The van der Waals surface area contributed by atoms with Gasteiger partial charge in [-0.3, -0.25) is 0 Å². The number of imidazole rings is 1. The third-order valence-electron chi connectivity index (χ3n) is 3.41. The predicted molar refractivity (Wildman–Crippen MR) is 87.6 cm³/mol. The van der Waals surface area contributed by atoms with Crippen molar-refractivity contribution < 1.29 is 4.74 Å². The van der Waals surface area contributed by atoms with Crippen molar-refractivity contribution in [2.45, 2.75) is 46.6 Å². The van der Waals surface area contributed by atoms with E-state index >= 15 is 0 Å². The van der Waals surface area contributed by atoms with Crippen LogP contribution in [0.1, 0.15) is 40.4 Å². The van der Waals surface area contributed by atoms with E-state index in [1.54, 1.807) is 0 Å². The van der Waals surface area contributed by atoms with E-state index in [0.717, 1.165) is 35.2 Å². The molecule has 21 heavy (non-hydrogen) atoms. The maximum Gasteiger partial charge on any atom is 0.131 e. The Balaban J connectivity index is 2.54. The summed E-state index contributed by atoms with van der Waals surface area (Å²) >= 11 is 0. The Bertz CT molecular complexity index is 623. The van der Waals surface area contributed by atoms with Crippen molar-refractivity contribution in [3.8, 4) is 17.0 Å². The molecule has 114 valence electrons. The van der Waals surface area contributed by atoms with Crippen LogP contribution in [0.4, 0.5) is 5.82 Å². The summed E-state index contributed by atoms with van der Waals surface area (Å²) in [5, 5.41) is 0. The van der Waals surface area contributed by atoms with Gasteiger partial charge in [0, 0.05) is 17.5 Å². The van der Waals surface area contributed by atoms with Crippen molar-refractivity contribution in [3.05, 3.63) is 30.1 Å². The van der Waals surface area contributed by atoms with Gasteiger partial charge >= 0.3 is 0 Å². The van der Waals surface area contributed by atoms with Crippen LogP contribution in [0.15, 0.2) is 24.3 Å². The van der Waals surface area contributed by atoms with Gasteiger partial charge in [0.2, 0.25) is 0 Å². The maximum absolute atomic E-state index is 6.33. The fraction of sp³-hybridized carbons (Fsp3) is 0.471. The number of hydrogen-bond donors (Lipinski definition) is 1. The topological polar surface area (TPSA) is 53.1 Å². The quantitative estimate of drug-likeness (QED) is 0.929. The molecule has 0 amide bonds. The summed E-state index contributed by atoms with van der Waals surface area (Å²) in [7, 11) is 0. The molecule has 0 radical (unpaired) electrons. The highest BCUT2D eigenvalue weighted by atomic mass is 16.5. The molecule has 0 spiro atoms. The Hall–Kier alpha value is -1.97. The molecule has 1 heterocycles. The Labute approximate surface area is 127 Å². The summed E-state index contributed by atoms with van der Waals surface area (Å²) in [4.78, 5) is 4.81. The first-order valence-corrected chi connectivity index (χ1v) is 7.48. The first-order chi connectivity index (χ1) is 9.88. The van der Waals surface area contributed by atoms with Gasteiger partial charge in [0.1, 0.15) is 23.1 Å². The number of nitrogen functional groups attached to an aromatic ring is 1. The molecule has 0 atom stereocenters. The van der Waals surface area contributed by atoms with Gasteiger partial charge in [0.15, 0.2) is 0 Å². The molecule has 2 N–H and O–H groups in total. The molecule has 0 aliphatic heterocycles. The lowest BCUT2D eigenvalue weighted by Gasteiger charge is -2.19. The molecule has 2 aromatic rings. The van der Waals surface area contributed by atoms with Crippen molar-refractivity contribution in [2.24, 2.45) is 0 Å². The number of anilines is 1. The normalized spacial score (nSPS) is 11.7. The van der Waals surface area contributed by atoms with Crippen LogP contribution in [-0.2, 0) is 12.0 Å². The molecule has 0 saturated heterocycles. The van der Waals surface area contributed by atoms with Gasteiger partial charge in [-0.1, -0.05) is 32.9 Å². The minimum atomic E-state index is -0.0418. The molecule has 0 fully saturated rings. The lowest BCUT2D eigenvalue weighted by atomic mass is 9.95. The Morgan fingerprint density at radius 2 is 1.95 bits per heavy atom. The number of nitrogens with zero attached hydrogens (tertiary/aromatic N) is 2. The van der Waals surface area contributed by atoms with E-state index in [1.165, 1.54) is 0 Å². The summed E-state index contributed by atoms with van der Waals surface area (Å²) in [6.45, 7) is 12.0. The van der Waals surface area contributed by atoms with Crippen LogP contribution in [0.25, 0.3) is 11.3 Å². The van der Waals surface area contributed by atoms with Crippen molar-refractivity contribution in [3.63, 3.8) is 0 Å². The summed E-state index contributed by atoms with van der Waals surface area (Å²) in [6.07, 6.45) is 0. The summed E-state index contributed by atoms with van der Waals surface area (Å²) in [5.41, 5.74) is 8.12. The van der Waals surface area contributed by atoms with Crippen molar-refractivity contribution in [1.82, 2.24) is 9.55 Å². The van der Waals surface area contributed by atoms with Crippen molar-refractivity contribution in [1.29, 1.82) is 0 Å². The highest BCUT2D eigenvalue weighted by Gasteiger charge is 2.24. The lowest BCUT2D eigenvalue weighted by Crippen LogP contribution is -2.19. The molecule has 4 heteroatoms.